The summed E-state index contributed by atoms with van der Waals surface area (Å²) >= 11 is 2.89. The second kappa shape index (κ2) is 9.49. The van der Waals surface area contributed by atoms with Crippen molar-refractivity contribution in [3.8, 4) is 5.75 Å². The summed E-state index contributed by atoms with van der Waals surface area (Å²) in [5, 5.41) is 5.93. The molecule has 2 amide bonds. The molecule has 4 rings (SSSR count). The lowest BCUT2D eigenvalue weighted by molar-refractivity contribution is -0.119. The van der Waals surface area contributed by atoms with Crippen LogP contribution in [0.1, 0.15) is 48.3 Å². The van der Waals surface area contributed by atoms with Gasteiger partial charge >= 0.3 is 5.97 Å². The number of fused-ring (bicyclic) bond motifs is 1. The molecule has 8 nitrogen and oxygen atoms in total. The lowest BCUT2D eigenvalue weighted by atomic mass is 10.1. The number of anilines is 1. The van der Waals surface area contributed by atoms with Crippen molar-refractivity contribution in [3.63, 3.8) is 0 Å². The summed E-state index contributed by atoms with van der Waals surface area (Å²) in [5.74, 6) is -1.26. The highest BCUT2D eigenvalue weighted by molar-refractivity contribution is 7.17. The van der Waals surface area contributed by atoms with E-state index in [9.17, 15) is 14.4 Å². The van der Waals surface area contributed by atoms with Crippen LogP contribution in [0.15, 0.2) is 29.6 Å². The van der Waals surface area contributed by atoms with Crippen molar-refractivity contribution in [2.24, 2.45) is 5.73 Å². The molecular formula is C22H21N3O5S2. The summed E-state index contributed by atoms with van der Waals surface area (Å²) in [7, 11) is 0. The maximum Gasteiger partial charge on any atom is 0.338 e. The number of hydrogen-bond acceptors (Lipinski definition) is 8. The third-order valence-corrected chi connectivity index (χ3v) is 6.91. The number of nitrogens with zero attached hydrogens (tertiary/aromatic N) is 1. The Labute approximate surface area is 192 Å². The first kappa shape index (κ1) is 22.0. The number of aromatic nitrogens is 1. The Bertz CT molecular complexity index is 1180. The van der Waals surface area contributed by atoms with Crippen LogP contribution in [0, 0.1) is 6.92 Å². The Morgan fingerprint density at radius 3 is 2.84 bits per heavy atom. The summed E-state index contributed by atoms with van der Waals surface area (Å²) in [6, 6.07) is 6.53. The van der Waals surface area contributed by atoms with Gasteiger partial charge in [-0.15, -0.1) is 22.7 Å². The molecule has 2 heterocycles. The van der Waals surface area contributed by atoms with Crippen LogP contribution >= 0.6 is 22.7 Å². The monoisotopic (exact) mass is 471 g/mol. The summed E-state index contributed by atoms with van der Waals surface area (Å²) < 4.78 is 10.8. The van der Waals surface area contributed by atoms with Crippen molar-refractivity contribution in [1.29, 1.82) is 0 Å². The molecule has 0 radical (unpaired) electrons. The lowest BCUT2D eigenvalue weighted by Crippen LogP contribution is -2.22. The van der Waals surface area contributed by atoms with E-state index in [0.29, 0.717) is 16.3 Å². The van der Waals surface area contributed by atoms with Gasteiger partial charge in [-0.3, -0.25) is 9.59 Å². The van der Waals surface area contributed by atoms with Crippen LogP contribution in [0.5, 0.6) is 5.75 Å². The largest absolute Gasteiger partial charge is 0.487 e. The molecule has 166 valence electrons. The number of thiophene rings is 1. The number of hydrogen-bond donors (Lipinski definition) is 2. The van der Waals surface area contributed by atoms with E-state index in [4.69, 9.17) is 15.2 Å². The van der Waals surface area contributed by atoms with Crippen LogP contribution in [0.25, 0.3) is 0 Å². The molecule has 3 aromatic rings. The number of rotatable bonds is 8. The average Bonchev–Trinajstić information content (AvgIpc) is 3.46. The zero-order valence-corrected chi connectivity index (χ0v) is 18.9. The Kier molecular flexibility index (Phi) is 6.52. The van der Waals surface area contributed by atoms with Gasteiger partial charge in [0.15, 0.2) is 6.61 Å². The number of benzene rings is 1. The van der Waals surface area contributed by atoms with Gasteiger partial charge in [-0.1, -0.05) is 6.07 Å². The second-order valence-electron chi connectivity index (χ2n) is 7.22. The topological polar surface area (TPSA) is 121 Å². The molecule has 0 unspecified atom stereocenters. The highest BCUT2D eigenvalue weighted by Crippen LogP contribution is 2.38. The van der Waals surface area contributed by atoms with Crippen LogP contribution in [-0.4, -0.2) is 29.4 Å². The minimum atomic E-state index is -0.654. The molecule has 1 aliphatic rings. The van der Waals surface area contributed by atoms with Crippen molar-refractivity contribution in [1.82, 2.24) is 4.98 Å². The van der Waals surface area contributed by atoms with Crippen LogP contribution in [0.4, 0.5) is 5.00 Å². The average molecular weight is 472 g/mol. The van der Waals surface area contributed by atoms with Gasteiger partial charge in [0, 0.05) is 10.3 Å². The molecular weight excluding hydrogens is 450 g/mol. The quantitative estimate of drug-likeness (QED) is 0.485. The van der Waals surface area contributed by atoms with Gasteiger partial charge < -0.3 is 20.5 Å². The number of nitrogens with one attached hydrogen (secondary N) is 1. The van der Waals surface area contributed by atoms with Crippen LogP contribution < -0.4 is 15.8 Å². The Hall–Kier alpha value is -3.24. The Balaban J connectivity index is 1.33. The molecule has 0 saturated carbocycles. The molecule has 1 aliphatic carbocycles. The SMILES string of the molecule is Cc1nc(COc2cccc(C(=O)OCC(=O)Nc3sc4c(c3C(N)=O)CCC4)c2)cs1. The van der Waals surface area contributed by atoms with E-state index in [-0.39, 0.29) is 12.2 Å². The molecule has 0 atom stereocenters. The fraction of sp³-hybridized carbons (Fsp3) is 0.273. The maximum atomic E-state index is 12.4. The number of carbonyl (C=O) groups is 3. The molecule has 3 N–H and O–H groups in total. The number of carbonyl (C=O) groups excluding carboxylic acids is 3. The van der Waals surface area contributed by atoms with Crippen molar-refractivity contribution in [2.75, 3.05) is 11.9 Å². The van der Waals surface area contributed by atoms with Crippen molar-refractivity contribution < 1.29 is 23.9 Å². The molecule has 2 aromatic heterocycles. The zero-order valence-electron chi connectivity index (χ0n) is 17.3. The van der Waals surface area contributed by atoms with Crippen LogP contribution in [-0.2, 0) is 29.0 Å². The van der Waals surface area contributed by atoms with E-state index in [1.807, 2.05) is 12.3 Å². The molecule has 32 heavy (non-hydrogen) atoms. The van der Waals surface area contributed by atoms with Gasteiger partial charge in [0.1, 0.15) is 17.4 Å². The number of esters is 1. The van der Waals surface area contributed by atoms with Gasteiger partial charge in [-0.25, -0.2) is 9.78 Å². The number of primary amides is 1. The van der Waals surface area contributed by atoms with Gasteiger partial charge in [-0.2, -0.15) is 0 Å². The van der Waals surface area contributed by atoms with Crippen LogP contribution in [0.2, 0.25) is 0 Å². The fourth-order valence-corrected chi connectivity index (χ4v) is 5.38. The smallest absolute Gasteiger partial charge is 0.338 e. The molecule has 1 aromatic carbocycles. The molecule has 0 bridgehead atoms. The van der Waals surface area contributed by atoms with Crippen molar-refractivity contribution in [2.45, 2.75) is 32.8 Å². The number of amides is 2. The molecule has 0 aliphatic heterocycles. The van der Waals surface area contributed by atoms with E-state index in [1.165, 1.54) is 22.7 Å². The van der Waals surface area contributed by atoms with E-state index < -0.39 is 24.4 Å². The Morgan fingerprint density at radius 1 is 1.25 bits per heavy atom. The standard InChI is InChI=1S/C22H21N3O5S2/c1-12-24-14(11-31-12)9-29-15-5-2-4-13(8-15)22(28)30-10-18(26)25-21-19(20(23)27)16-6-3-7-17(16)32-21/h2,4-5,8,11H,3,6-7,9-10H2,1H3,(H2,23,27)(H,25,26). The van der Waals surface area contributed by atoms with E-state index in [1.54, 1.807) is 24.3 Å². The number of nitrogens with two attached hydrogens (primary N) is 1. The first-order valence-corrected chi connectivity index (χ1v) is 11.7. The predicted molar refractivity (Wildman–Crippen MR) is 121 cm³/mol. The normalized spacial score (nSPS) is 12.3. The Morgan fingerprint density at radius 2 is 2.09 bits per heavy atom. The third kappa shape index (κ3) is 4.97. The van der Waals surface area contributed by atoms with Gasteiger partial charge in [0.05, 0.1) is 21.8 Å². The van der Waals surface area contributed by atoms with Gasteiger partial charge in [0.2, 0.25) is 0 Å². The summed E-state index contributed by atoms with van der Waals surface area (Å²) in [5.41, 5.74) is 7.85. The third-order valence-electron chi connectivity index (χ3n) is 4.88. The number of thiazole rings is 1. The summed E-state index contributed by atoms with van der Waals surface area (Å²) in [4.78, 5) is 41.9. The molecule has 0 fully saturated rings. The van der Waals surface area contributed by atoms with E-state index in [0.717, 1.165) is 40.4 Å². The fourth-order valence-electron chi connectivity index (χ4n) is 3.47. The zero-order chi connectivity index (χ0) is 22.7. The minimum absolute atomic E-state index is 0.262. The first-order valence-electron chi connectivity index (χ1n) is 9.96. The maximum absolute atomic E-state index is 12.4. The molecule has 0 spiro atoms. The minimum Gasteiger partial charge on any atom is -0.487 e. The number of aryl methyl sites for hydroxylation is 2. The summed E-state index contributed by atoms with van der Waals surface area (Å²) in [6.45, 7) is 1.72. The highest BCUT2D eigenvalue weighted by atomic mass is 32.1. The number of ether oxygens (including phenoxy) is 2. The van der Waals surface area contributed by atoms with E-state index >= 15 is 0 Å². The van der Waals surface area contributed by atoms with Crippen molar-refractivity contribution in [3.05, 3.63) is 61.9 Å². The summed E-state index contributed by atoms with van der Waals surface area (Å²) in [6.07, 6.45) is 2.61. The molecule has 10 heteroatoms. The van der Waals surface area contributed by atoms with Gasteiger partial charge in [0.25, 0.3) is 11.8 Å². The van der Waals surface area contributed by atoms with Crippen LogP contribution in [0.3, 0.4) is 0 Å². The first-order chi connectivity index (χ1) is 15.4. The van der Waals surface area contributed by atoms with Gasteiger partial charge in [-0.05, 0) is 49.9 Å². The molecule has 0 saturated heterocycles. The second-order valence-corrected chi connectivity index (χ2v) is 9.39. The van der Waals surface area contributed by atoms with E-state index in [2.05, 4.69) is 10.3 Å². The van der Waals surface area contributed by atoms with Crippen molar-refractivity contribution >= 4 is 45.5 Å². The predicted octanol–water partition coefficient (Wildman–Crippen LogP) is 3.48. The lowest BCUT2D eigenvalue weighted by Gasteiger charge is -2.09. The highest BCUT2D eigenvalue weighted by Gasteiger charge is 2.26.